The third kappa shape index (κ3) is 3.70. The topological polar surface area (TPSA) is 60.3 Å². The number of rotatable bonds is 4. The Kier molecular flexibility index (Phi) is 4.60. The predicted octanol–water partition coefficient (Wildman–Crippen LogP) is 2.41. The van der Waals surface area contributed by atoms with Crippen LogP contribution in [0.2, 0.25) is 0 Å². The molecule has 0 aromatic carbocycles. The fourth-order valence-electron chi connectivity index (χ4n) is 2.68. The second-order valence-electron chi connectivity index (χ2n) is 6.11. The third-order valence-corrected chi connectivity index (χ3v) is 4.34. The van der Waals surface area contributed by atoms with Crippen molar-refractivity contribution in [1.82, 2.24) is 14.5 Å². The maximum absolute atomic E-state index is 12.1. The van der Waals surface area contributed by atoms with Crippen LogP contribution in [0.4, 0.5) is 5.82 Å². The zero-order valence-electron chi connectivity index (χ0n) is 13.6. The van der Waals surface area contributed by atoms with E-state index < -0.39 is 0 Å². The highest BCUT2D eigenvalue weighted by Crippen LogP contribution is 2.21. The summed E-state index contributed by atoms with van der Waals surface area (Å²) < 4.78 is 7.10. The molecule has 0 N–H and O–H groups in total. The number of anilines is 1. The number of hydrogen-bond acceptors (Lipinski definition) is 5. The molecule has 23 heavy (non-hydrogen) atoms. The average Bonchev–Trinajstić information content (AvgIpc) is 2.99. The van der Waals surface area contributed by atoms with Crippen LogP contribution >= 0.6 is 0 Å². The Morgan fingerprint density at radius 3 is 2.70 bits per heavy atom. The molecule has 0 radical (unpaired) electrons. The van der Waals surface area contributed by atoms with Crippen molar-refractivity contribution in [2.75, 3.05) is 18.0 Å². The Balaban J connectivity index is 1.58. The minimum Gasteiger partial charge on any atom is -0.454 e. The zero-order chi connectivity index (χ0) is 16.2. The Morgan fingerprint density at radius 1 is 1.30 bits per heavy atom. The van der Waals surface area contributed by atoms with E-state index in [2.05, 4.69) is 21.8 Å². The molecule has 0 aliphatic carbocycles. The van der Waals surface area contributed by atoms with E-state index in [1.165, 1.54) is 12.8 Å². The lowest BCUT2D eigenvalue weighted by atomic mass is 9.99. The molecule has 3 rings (SSSR count). The number of imidazole rings is 1. The van der Waals surface area contributed by atoms with Crippen LogP contribution in [-0.4, -0.2) is 33.6 Å². The maximum atomic E-state index is 12.1. The van der Waals surface area contributed by atoms with Crippen LogP contribution in [0.1, 0.15) is 35.9 Å². The molecule has 1 saturated heterocycles. The first-order valence-electron chi connectivity index (χ1n) is 7.98. The number of piperidine rings is 1. The van der Waals surface area contributed by atoms with Crippen LogP contribution in [0.25, 0.3) is 0 Å². The lowest BCUT2D eigenvalue weighted by Crippen LogP contribution is -2.33. The Morgan fingerprint density at radius 2 is 2.09 bits per heavy atom. The molecule has 2 aromatic rings. The largest absolute Gasteiger partial charge is 0.454 e. The van der Waals surface area contributed by atoms with Crippen molar-refractivity contribution in [1.29, 1.82) is 0 Å². The van der Waals surface area contributed by atoms with Crippen LogP contribution in [0.3, 0.4) is 0 Å². The van der Waals surface area contributed by atoms with Crippen LogP contribution < -0.4 is 4.90 Å². The Labute approximate surface area is 136 Å². The number of aromatic nitrogens is 3. The fraction of sp³-hybridized carbons (Fsp3) is 0.471. The molecule has 1 aliphatic rings. The standard InChI is InChI=1S/C17H22N4O2/c1-13-5-8-21(9-6-13)15-4-3-14(11-19-15)17(22)23-12-16-18-7-10-20(16)2/h3-4,7,10-11,13H,5-6,8-9,12H2,1-2H3. The molecule has 0 amide bonds. The number of hydrogen-bond donors (Lipinski definition) is 0. The van der Waals surface area contributed by atoms with Gasteiger partial charge in [-0.05, 0) is 30.9 Å². The Hall–Kier alpha value is -2.37. The molecule has 122 valence electrons. The van der Waals surface area contributed by atoms with Crippen molar-refractivity contribution in [2.45, 2.75) is 26.4 Å². The molecule has 0 bridgehead atoms. The van der Waals surface area contributed by atoms with E-state index in [1.54, 1.807) is 18.5 Å². The van der Waals surface area contributed by atoms with Gasteiger partial charge < -0.3 is 14.2 Å². The quantitative estimate of drug-likeness (QED) is 0.811. The lowest BCUT2D eigenvalue weighted by molar-refractivity contribution is 0.0459. The highest BCUT2D eigenvalue weighted by atomic mass is 16.5. The maximum Gasteiger partial charge on any atom is 0.340 e. The summed E-state index contributed by atoms with van der Waals surface area (Å²) in [5, 5.41) is 0. The molecule has 0 saturated carbocycles. The smallest absolute Gasteiger partial charge is 0.340 e. The summed E-state index contributed by atoms with van der Waals surface area (Å²) >= 11 is 0. The van der Waals surface area contributed by atoms with Gasteiger partial charge in [-0.25, -0.2) is 14.8 Å². The number of esters is 1. The number of aryl methyl sites for hydroxylation is 1. The van der Waals surface area contributed by atoms with E-state index in [0.29, 0.717) is 11.4 Å². The molecular formula is C17H22N4O2. The molecule has 1 aliphatic heterocycles. The second-order valence-corrected chi connectivity index (χ2v) is 6.11. The minimum atomic E-state index is -0.376. The van der Waals surface area contributed by atoms with E-state index >= 15 is 0 Å². The van der Waals surface area contributed by atoms with E-state index in [4.69, 9.17) is 4.74 Å². The second kappa shape index (κ2) is 6.81. The molecule has 3 heterocycles. The van der Waals surface area contributed by atoms with Gasteiger partial charge in [-0.1, -0.05) is 6.92 Å². The SMILES string of the molecule is CC1CCN(c2ccc(C(=O)OCc3nccn3C)cn2)CC1. The van der Waals surface area contributed by atoms with Gasteiger partial charge in [-0.2, -0.15) is 0 Å². The number of nitrogens with zero attached hydrogens (tertiary/aromatic N) is 4. The van der Waals surface area contributed by atoms with Gasteiger partial charge in [0.05, 0.1) is 5.56 Å². The van der Waals surface area contributed by atoms with E-state index in [-0.39, 0.29) is 12.6 Å². The van der Waals surface area contributed by atoms with E-state index in [9.17, 15) is 4.79 Å². The van der Waals surface area contributed by atoms with Crippen LogP contribution in [0.5, 0.6) is 0 Å². The van der Waals surface area contributed by atoms with Gasteiger partial charge in [0.1, 0.15) is 18.2 Å². The number of carbonyl (C=O) groups is 1. The van der Waals surface area contributed by atoms with Gasteiger partial charge in [-0.3, -0.25) is 0 Å². The first-order valence-corrected chi connectivity index (χ1v) is 7.98. The summed E-state index contributed by atoms with van der Waals surface area (Å²) in [5.74, 6) is 2.05. The van der Waals surface area contributed by atoms with Crippen molar-refractivity contribution in [3.63, 3.8) is 0 Å². The lowest BCUT2D eigenvalue weighted by Gasteiger charge is -2.31. The molecule has 1 fully saturated rings. The molecule has 6 heteroatoms. The summed E-state index contributed by atoms with van der Waals surface area (Å²) in [5.41, 5.74) is 0.466. The number of ether oxygens (including phenoxy) is 1. The van der Waals surface area contributed by atoms with E-state index in [1.807, 2.05) is 23.9 Å². The average molecular weight is 314 g/mol. The molecule has 0 unspecified atom stereocenters. The first kappa shape index (κ1) is 15.5. The zero-order valence-corrected chi connectivity index (χ0v) is 13.6. The van der Waals surface area contributed by atoms with Crippen molar-refractivity contribution < 1.29 is 9.53 Å². The van der Waals surface area contributed by atoms with E-state index in [0.717, 1.165) is 24.8 Å². The summed E-state index contributed by atoms with van der Waals surface area (Å²) in [6, 6.07) is 3.68. The number of pyridine rings is 1. The summed E-state index contributed by atoms with van der Waals surface area (Å²) in [6.45, 7) is 4.49. The first-order chi connectivity index (χ1) is 11.1. The van der Waals surface area contributed by atoms with Crippen molar-refractivity contribution in [2.24, 2.45) is 13.0 Å². The van der Waals surface area contributed by atoms with Gasteiger partial charge in [0, 0.05) is 38.7 Å². The molecular weight excluding hydrogens is 292 g/mol. The Bertz CT molecular complexity index is 657. The monoisotopic (exact) mass is 314 g/mol. The molecule has 6 nitrogen and oxygen atoms in total. The molecule has 2 aromatic heterocycles. The highest BCUT2D eigenvalue weighted by Gasteiger charge is 2.17. The van der Waals surface area contributed by atoms with Gasteiger partial charge in [-0.15, -0.1) is 0 Å². The van der Waals surface area contributed by atoms with Gasteiger partial charge >= 0.3 is 5.97 Å². The van der Waals surface area contributed by atoms with Crippen LogP contribution in [0.15, 0.2) is 30.7 Å². The van der Waals surface area contributed by atoms with Gasteiger partial charge in [0.2, 0.25) is 0 Å². The highest BCUT2D eigenvalue weighted by molar-refractivity contribution is 5.89. The normalized spacial score (nSPS) is 15.7. The van der Waals surface area contributed by atoms with Gasteiger partial charge in [0.25, 0.3) is 0 Å². The van der Waals surface area contributed by atoms with Crippen LogP contribution in [-0.2, 0) is 18.4 Å². The van der Waals surface area contributed by atoms with Crippen molar-refractivity contribution >= 4 is 11.8 Å². The molecule has 0 atom stereocenters. The fourth-order valence-corrected chi connectivity index (χ4v) is 2.68. The molecule has 0 spiro atoms. The van der Waals surface area contributed by atoms with Crippen molar-refractivity contribution in [3.05, 3.63) is 42.1 Å². The predicted molar refractivity (Wildman–Crippen MR) is 87.2 cm³/mol. The summed E-state index contributed by atoms with van der Waals surface area (Å²) in [4.78, 5) is 22.9. The van der Waals surface area contributed by atoms with Crippen LogP contribution in [0, 0.1) is 5.92 Å². The summed E-state index contributed by atoms with van der Waals surface area (Å²) in [6.07, 6.45) is 7.47. The third-order valence-electron chi connectivity index (χ3n) is 4.34. The van der Waals surface area contributed by atoms with Crippen molar-refractivity contribution in [3.8, 4) is 0 Å². The summed E-state index contributed by atoms with van der Waals surface area (Å²) in [7, 11) is 1.87. The van der Waals surface area contributed by atoms with Gasteiger partial charge in [0.15, 0.2) is 0 Å². The number of carbonyl (C=O) groups excluding carboxylic acids is 1. The minimum absolute atomic E-state index is 0.161.